The van der Waals surface area contributed by atoms with Gasteiger partial charge in [-0.1, -0.05) is 30.5 Å². The lowest BCUT2D eigenvalue weighted by atomic mass is 9.87. The molecule has 4 nitrogen and oxygen atoms in total. The van der Waals surface area contributed by atoms with Gasteiger partial charge < -0.3 is 5.32 Å². The van der Waals surface area contributed by atoms with Gasteiger partial charge in [-0.3, -0.25) is 4.79 Å². The van der Waals surface area contributed by atoms with Crippen molar-refractivity contribution in [3.05, 3.63) is 28.3 Å². The van der Waals surface area contributed by atoms with Crippen molar-refractivity contribution in [3.8, 4) is 0 Å². The van der Waals surface area contributed by atoms with E-state index >= 15 is 0 Å². The summed E-state index contributed by atoms with van der Waals surface area (Å²) in [6.45, 7) is 0. The highest BCUT2D eigenvalue weighted by Crippen LogP contribution is 2.45. The lowest BCUT2D eigenvalue weighted by Gasteiger charge is -2.24. The van der Waals surface area contributed by atoms with Crippen LogP contribution in [-0.2, 0) is 21.5 Å². The highest BCUT2D eigenvalue weighted by Gasteiger charge is 2.37. The first kappa shape index (κ1) is 12.4. The Morgan fingerprint density at radius 2 is 2.05 bits per heavy atom. The first-order valence-electron chi connectivity index (χ1n) is 6.36. The SMILES string of the molecule is O=C=NC1(c2cc(Cl)c3c(c2)CC(=O)N3)CCCC1. The smallest absolute Gasteiger partial charge is 0.235 e. The maximum atomic E-state index is 11.4. The number of benzene rings is 1. The van der Waals surface area contributed by atoms with Crippen molar-refractivity contribution in [1.82, 2.24) is 0 Å². The molecule has 1 aliphatic carbocycles. The summed E-state index contributed by atoms with van der Waals surface area (Å²) in [7, 11) is 0. The third-order valence-electron chi connectivity index (χ3n) is 4.02. The monoisotopic (exact) mass is 276 g/mol. The van der Waals surface area contributed by atoms with Gasteiger partial charge in [-0.15, -0.1) is 0 Å². The van der Waals surface area contributed by atoms with Crippen LogP contribution in [0.4, 0.5) is 5.69 Å². The van der Waals surface area contributed by atoms with Crippen LogP contribution in [0.3, 0.4) is 0 Å². The summed E-state index contributed by atoms with van der Waals surface area (Å²) in [5, 5.41) is 3.27. The number of hydrogen-bond acceptors (Lipinski definition) is 3. The number of rotatable bonds is 2. The average Bonchev–Trinajstić information content (AvgIpc) is 2.96. The molecule has 0 unspecified atom stereocenters. The van der Waals surface area contributed by atoms with Crippen molar-refractivity contribution in [2.24, 2.45) is 4.99 Å². The molecule has 1 aliphatic heterocycles. The van der Waals surface area contributed by atoms with Crippen molar-refractivity contribution in [2.45, 2.75) is 37.6 Å². The lowest BCUT2D eigenvalue weighted by Crippen LogP contribution is -2.19. The molecule has 3 rings (SSSR count). The number of nitrogens with one attached hydrogen (secondary N) is 1. The fourth-order valence-electron chi connectivity index (χ4n) is 3.08. The number of carbonyl (C=O) groups excluding carboxylic acids is 2. The fourth-order valence-corrected chi connectivity index (χ4v) is 3.37. The van der Waals surface area contributed by atoms with Gasteiger partial charge in [-0.05, 0) is 30.0 Å². The Morgan fingerprint density at radius 3 is 2.74 bits per heavy atom. The number of fused-ring (bicyclic) bond motifs is 1. The number of anilines is 1. The number of nitrogens with zero attached hydrogens (tertiary/aromatic N) is 1. The summed E-state index contributed by atoms with van der Waals surface area (Å²) in [5.41, 5.74) is 2.01. The molecular weight excluding hydrogens is 264 g/mol. The van der Waals surface area contributed by atoms with Crippen LogP contribution in [0.2, 0.25) is 5.02 Å². The van der Waals surface area contributed by atoms with E-state index in [4.69, 9.17) is 11.6 Å². The third-order valence-corrected chi connectivity index (χ3v) is 4.31. The van der Waals surface area contributed by atoms with Crippen molar-refractivity contribution < 1.29 is 9.59 Å². The molecule has 1 saturated carbocycles. The van der Waals surface area contributed by atoms with E-state index in [1.54, 1.807) is 6.08 Å². The van der Waals surface area contributed by atoms with Crippen LogP contribution >= 0.6 is 11.6 Å². The summed E-state index contributed by atoms with van der Waals surface area (Å²) in [4.78, 5) is 26.2. The second kappa shape index (κ2) is 4.48. The Hall–Kier alpha value is -1.64. The molecule has 1 N–H and O–H groups in total. The number of carbonyl (C=O) groups is 1. The molecule has 5 heteroatoms. The maximum absolute atomic E-state index is 11.4. The average molecular weight is 277 g/mol. The van der Waals surface area contributed by atoms with Gasteiger partial charge in [0.05, 0.1) is 22.7 Å². The van der Waals surface area contributed by atoms with E-state index in [1.165, 1.54) is 0 Å². The number of isocyanates is 1. The van der Waals surface area contributed by atoms with E-state index in [-0.39, 0.29) is 5.91 Å². The van der Waals surface area contributed by atoms with Crippen LogP contribution in [0.1, 0.15) is 36.8 Å². The second-order valence-corrected chi connectivity index (χ2v) is 5.57. The van der Waals surface area contributed by atoms with Gasteiger partial charge in [-0.2, -0.15) is 4.99 Å². The number of hydrogen-bond donors (Lipinski definition) is 1. The summed E-state index contributed by atoms with van der Waals surface area (Å²) in [6.07, 6.45) is 5.77. The molecule has 98 valence electrons. The predicted molar refractivity (Wildman–Crippen MR) is 72.1 cm³/mol. The Morgan fingerprint density at radius 1 is 1.32 bits per heavy atom. The van der Waals surface area contributed by atoms with Gasteiger partial charge in [-0.25, -0.2) is 4.79 Å². The Labute approximate surface area is 115 Å². The summed E-state index contributed by atoms with van der Waals surface area (Å²) < 4.78 is 0. The molecule has 19 heavy (non-hydrogen) atoms. The normalized spacial score (nSPS) is 19.7. The molecule has 0 atom stereocenters. The van der Waals surface area contributed by atoms with E-state index in [1.807, 2.05) is 12.1 Å². The van der Waals surface area contributed by atoms with E-state index < -0.39 is 5.54 Å². The minimum Gasteiger partial charge on any atom is -0.324 e. The Bertz CT molecular complexity index is 600. The van der Waals surface area contributed by atoms with Gasteiger partial charge >= 0.3 is 0 Å². The fraction of sp³-hybridized carbons (Fsp3) is 0.429. The van der Waals surface area contributed by atoms with Crippen LogP contribution in [0.5, 0.6) is 0 Å². The number of amides is 1. The zero-order chi connectivity index (χ0) is 13.5. The van der Waals surface area contributed by atoms with Gasteiger partial charge in [0.25, 0.3) is 0 Å². The van der Waals surface area contributed by atoms with Crippen LogP contribution in [0.15, 0.2) is 17.1 Å². The Kier molecular flexibility index (Phi) is 2.92. The van der Waals surface area contributed by atoms with Crippen LogP contribution < -0.4 is 5.32 Å². The molecule has 0 aromatic heterocycles. The molecule has 2 aliphatic rings. The summed E-state index contributed by atoms with van der Waals surface area (Å²) >= 11 is 6.23. The summed E-state index contributed by atoms with van der Waals surface area (Å²) in [6, 6.07) is 3.77. The first-order chi connectivity index (χ1) is 9.14. The molecule has 0 spiro atoms. The third kappa shape index (κ3) is 1.97. The number of halogens is 1. The van der Waals surface area contributed by atoms with Crippen LogP contribution in [0, 0.1) is 0 Å². The van der Waals surface area contributed by atoms with E-state index in [0.717, 1.165) is 36.8 Å². The van der Waals surface area contributed by atoms with Gasteiger partial charge in [0, 0.05) is 0 Å². The van der Waals surface area contributed by atoms with Crippen molar-refractivity contribution in [3.63, 3.8) is 0 Å². The van der Waals surface area contributed by atoms with Gasteiger partial charge in [0.15, 0.2) is 0 Å². The van der Waals surface area contributed by atoms with E-state index in [0.29, 0.717) is 17.1 Å². The largest absolute Gasteiger partial charge is 0.324 e. The minimum absolute atomic E-state index is 0.0478. The first-order valence-corrected chi connectivity index (χ1v) is 6.74. The lowest BCUT2D eigenvalue weighted by molar-refractivity contribution is -0.115. The molecule has 1 amide bonds. The molecule has 0 saturated heterocycles. The van der Waals surface area contributed by atoms with Crippen molar-refractivity contribution in [1.29, 1.82) is 0 Å². The zero-order valence-electron chi connectivity index (χ0n) is 10.3. The van der Waals surface area contributed by atoms with Gasteiger partial charge in [0.1, 0.15) is 0 Å². The quantitative estimate of drug-likeness (QED) is 0.667. The van der Waals surface area contributed by atoms with E-state index in [9.17, 15) is 9.59 Å². The minimum atomic E-state index is -0.494. The molecule has 1 heterocycles. The summed E-state index contributed by atoms with van der Waals surface area (Å²) in [5.74, 6) is -0.0478. The second-order valence-electron chi connectivity index (χ2n) is 5.16. The molecule has 1 aromatic rings. The molecule has 0 radical (unpaired) electrons. The molecule has 1 aromatic carbocycles. The molecule has 1 fully saturated rings. The number of aliphatic imine (C=N–C) groups is 1. The molecule has 0 bridgehead atoms. The van der Waals surface area contributed by atoms with Gasteiger partial charge in [0.2, 0.25) is 12.0 Å². The standard InChI is InChI=1S/C14H13ClN2O2/c15-11-7-10(5-9-6-12(19)17-13(9)11)14(16-8-18)3-1-2-4-14/h5,7H,1-4,6H2,(H,17,19). The van der Waals surface area contributed by atoms with Crippen LogP contribution in [0.25, 0.3) is 0 Å². The van der Waals surface area contributed by atoms with Crippen molar-refractivity contribution in [2.75, 3.05) is 5.32 Å². The van der Waals surface area contributed by atoms with E-state index in [2.05, 4.69) is 10.3 Å². The predicted octanol–water partition coefficient (Wildman–Crippen LogP) is 2.94. The topological polar surface area (TPSA) is 58.5 Å². The zero-order valence-corrected chi connectivity index (χ0v) is 11.1. The highest BCUT2D eigenvalue weighted by molar-refractivity contribution is 6.34. The maximum Gasteiger partial charge on any atom is 0.235 e. The highest BCUT2D eigenvalue weighted by atomic mass is 35.5. The Balaban J connectivity index is 2.11. The van der Waals surface area contributed by atoms with Crippen LogP contribution in [-0.4, -0.2) is 12.0 Å². The molecular formula is C14H13ClN2O2. The van der Waals surface area contributed by atoms with Crippen molar-refractivity contribution >= 4 is 29.3 Å².